The minimum atomic E-state index is -3.56. The Morgan fingerprint density at radius 3 is 2.33 bits per heavy atom. The molecule has 0 bridgehead atoms. The highest BCUT2D eigenvalue weighted by Crippen LogP contribution is 2.33. The van der Waals surface area contributed by atoms with Crippen LogP contribution in [0.1, 0.15) is 28.7 Å². The van der Waals surface area contributed by atoms with Crippen molar-refractivity contribution in [3.63, 3.8) is 0 Å². The quantitative estimate of drug-likeness (QED) is 0.346. The molecule has 0 unspecified atom stereocenters. The van der Waals surface area contributed by atoms with Gasteiger partial charge in [-0.25, -0.2) is 13.4 Å². The largest absolute Gasteiger partial charge is 0.284 e. The van der Waals surface area contributed by atoms with Gasteiger partial charge in [-0.1, -0.05) is 65.4 Å². The van der Waals surface area contributed by atoms with Crippen LogP contribution in [0.2, 0.25) is 0 Å². The lowest BCUT2D eigenvalue weighted by atomic mass is 10.1. The van der Waals surface area contributed by atoms with E-state index in [9.17, 15) is 13.2 Å². The number of hydrogen-bond donors (Lipinski definition) is 0. The Morgan fingerprint density at radius 1 is 0.939 bits per heavy atom. The SMILES string of the molecule is Cc1ccc(S(=O)(=O)CCC(=O)N(Cc2ccccc2)c2nc3cc(C)cc(C)c3s2)cc1. The van der Waals surface area contributed by atoms with Crippen molar-refractivity contribution in [3.05, 3.63) is 89.0 Å². The van der Waals surface area contributed by atoms with Crippen LogP contribution in [0.25, 0.3) is 10.2 Å². The number of sulfone groups is 1. The minimum Gasteiger partial charge on any atom is -0.284 e. The molecular formula is C26H26N2O3S2. The lowest BCUT2D eigenvalue weighted by Gasteiger charge is -2.20. The third-order valence-corrected chi connectivity index (χ3v) is 8.45. The molecule has 1 aromatic heterocycles. The highest BCUT2D eigenvalue weighted by molar-refractivity contribution is 7.91. The number of benzene rings is 3. The van der Waals surface area contributed by atoms with E-state index in [1.54, 1.807) is 29.2 Å². The second-order valence-electron chi connectivity index (χ2n) is 8.27. The number of aryl methyl sites for hydroxylation is 3. The molecule has 4 rings (SSSR count). The van der Waals surface area contributed by atoms with Crippen molar-refractivity contribution in [3.8, 4) is 0 Å². The summed E-state index contributed by atoms with van der Waals surface area (Å²) in [4.78, 5) is 19.9. The Bertz CT molecular complexity index is 1390. The Kier molecular flexibility index (Phi) is 6.63. The van der Waals surface area contributed by atoms with Gasteiger partial charge in [-0.3, -0.25) is 9.69 Å². The van der Waals surface area contributed by atoms with Crippen molar-refractivity contribution in [2.75, 3.05) is 10.7 Å². The summed E-state index contributed by atoms with van der Waals surface area (Å²) < 4.78 is 26.6. The summed E-state index contributed by atoms with van der Waals surface area (Å²) >= 11 is 1.46. The van der Waals surface area contributed by atoms with Gasteiger partial charge in [-0.2, -0.15) is 0 Å². The van der Waals surface area contributed by atoms with E-state index in [-0.39, 0.29) is 23.0 Å². The summed E-state index contributed by atoms with van der Waals surface area (Å²) in [6, 6.07) is 20.5. The topological polar surface area (TPSA) is 67.3 Å². The molecule has 5 nitrogen and oxygen atoms in total. The number of rotatable bonds is 7. The molecule has 0 N–H and O–H groups in total. The number of thiazole rings is 1. The fraction of sp³-hybridized carbons (Fsp3) is 0.231. The predicted octanol–water partition coefficient (Wildman–Crippen LogP) is 5.62. The summed E-state index contributed by atoms with van der Waals surface area (Å²) in [5, 5.41) is 0.584. The second-order valence-corrected chi connectivity index (χ2v) is 11.4. The van der Waals surface area contributed by atoms with Crippen molar-refractivity contribution >= 4 is 42.4 Å². The van der Waals surface area contributed by atoms with Gasteiger partial charge in [0.2, 0.25) is 5.91 Å². The number of nitrogens with zero attached hydrogens (tertiary/aromatic N) is 2. The van der Waals surface area contributed by atoms with Gasteiger partial charge in [-0.05, 0) is 55.7 Å². The monoisotopic (exact) mass is 478 g/mol. The van der Waals surface area contributed by atoms with Crippen LogP contribution in [0.4, 0.5) is 5.13 Å². The van der Waals surface area contributed by atoms with Gasteiger partial charge in [0.1, 0.15) is 0 Å². The van der Waals surface area contributed by atoms with E-state index >= 15 is 0 Å². The lowest BCUT2D eigenvalue weighted by Crippen LogP contribution is -2.31. The van der Waals surface area contributed by atoms with Crippen LogP contribution in [0.15, 0.2) is 71.6 Å². The smallest absolute Gasteiger partial charge is 0.230 e. The molecule has 0 saturated carbocycles. The van der Waals surface area contributed by atoms with Crippen LogP contribution in [0.3, 0.4) is 0 Å². The van der Waals surface area contributed by atoms with E-state index in [0.29, 0.717) is 11.7 Å². The van der Waals surface area contributed by atoms with E-state index in [1.165, 1.54) is 11.3 Å². The molecule has 0 atom stereocenters. The van der Waals surface area contributed by atoms with Crippen LogP contribution in [0, 0.1) is 20.8 Å². The molecule has 0 saturated heterocycles. The zero-order valence-electron chi connectivity index (χ0n) is 18.9. The van der Waals surface area contributed by atoms with Crippen LogP contribution in [0.5, 0.6) is 0 Å². The molecule has 1 amide bonds. The normalized spacial score (nSPS) is 11.6. The number of carbonyl (C=O) groups excluding carboxylic acids is 1. The van der Waals surface area contributed by atoms with Crippen molar-refractivity contribution in [2.24, 2.45) is 0 Å². The maximum absolute atomic E-state index is 13.3. The Balaban J connectivity index is 1.62. The molecular weight excluding hydrogens is 452 g/mol. The predicted molar refractivity (Wildman–Crippen MR) is 135 cm³/mol. The van der Waals surface area contributed by atoms with E-state index in [2.05, 4.69) is 6.07 Å². The molecule has 4 aromatic rings. The number of aromatic nitrogens is 1. The summed E-state index contributed by atoms with van der Waals surface area (Å²) in [6.07, 6.45) is -0.114. The summed E-state index contributed by atoms with van der Waals surface area (Å²) in [7, 11) is -3.56. The van der Waals surface area contributed by atoms with E-state index in [0.717, 1.165) is 32.5 Å². The van der Waals surface area contributed by atoms with Crippen molar-refractivity contribution < 1.29 is 13.2 Å². The van der Waals surface area contributed by atoms with Gasteiger partial charge in [0.15, 0.2) is 15.0 Å². The van der Waals surface area contributed by atoms with Gasteiger partial charge in [0, 0.05) is 6.42 Å². The molecule has 33 heavy (non-hydrogen) atoms. The summed E-state index contributed by atoms with van der Waals surface area (Å²) in [6.45, 7) is 6.30. The molecule has 3 aromatic carbocycles. The van der Waals surface area contributed by atoms with Gasteiger partial charge >= 0.3 is 0 Å². The first-order chi connectivity index (χ1) is 15.7. The molecule has 170 valence electrons. The van der Waals surface area contributed by atoms with Gasteiger partial charge < -0.3 is 0 Å². The van der Waals surface area contributed by atoms with E-state index in [4.69, 9.17) is 4.98 Å². The summed E-state index contributed by atoms with van der Waals surface area (Å²) in [5.74, 6) is -0.508. The molecule has 1 heterocycles. The number of carbonyl (C=O) groups is 1. The van der Waals surface area contributed by atoms with Crippen LogP contribution in [-0.4, -0.2) is 25.1 Å². The molecule has 0 spiro atoms. The van der Waals surface area contributed by atoms with E-state index in [1.807, 2.05) is 57.2 Å². The van der Waals surface area contributed by atoms with Crippen molar-refractivity contribution in [1.82, 2.24) is 4.98 Å². The second kappa shape index (κ2) is 9.45. The Labute approximate surface area is 198 Å². The third kappa shape index (κ3) is 5.31. The molecule has 7 heteroatoms. The first-order valence-corrected chi connectivity index (χ1v) is 13.2. The van der Waals surface area contributed by atoms with Gasteiger partial charge in [0.05, 0.1) is 27.4 Å². The third-order valence-electron chi connectivity index (χ3n) is 5.49. The first-order valence-electron chi connectivity index (χ1n) is 10.7. The van der Waals surface area contributed by atoms with Crippen LogP contribution in [-0.2, 0) is 21.2 Å². The maximum atomic E-state index is 13.3. The fourth-order valence-electron chi connectivity index (χ4n) is 3.73. The number of fused-ring (bicyclic) bond motifs is 1. The summed E-state index contributed by atoms with van der Waals surface area (Å²) in [5.41, 5.74) is 5.02. The molecule has 0 radical (unpaired) electrons. The van der Waals surface area contributed by atoms with Crippen molar-refractivity contribution in [1.29, 1.82) is 0 Å². The first kappa shape index (κ1) is 23.1. The number of anilines is 1. The maximum Gasteiger partial charge on any atom is 0.230 e. The average Bonchev–Trinajstić information content (AvgIpc) is 3.21. The fourth-order valence-corrected chi connectivity index (χ4v) is 5.99. The lowest BCUT2D eigenvalue weighted by molar-refractivity contribution is -0.118. The highest BCUT2D eigenvalue weighted by Gasteiger charge is 2.24. The molecule has 0 aliphatic rings. The zero-order valence-corrected chi connectivity index (χ0v) is 20.5. The van der Waals surface area contributed by atoms with E-state index < -0.39 is 9.84 Å². The highest BCUT2D eigenvalue weighted by atomic mass is 32.2. The Hall–Kier alpha value is -3.03. The minimum absolute atomic E-state index is 0.114. The molecule has 0 aliphatic carbocycles. The molecule has 0 aliphatic heterocycles. The Morgan fingerprint density at radius 2 is 1.64 bits per heavy atom. The average molecular weight is 479 g/mol. The van der Waals surface area contributed by atoms with Crippen LogP contribution < -0.4 is 4.90 Å². The van der Waals surface area contributed by atoms with Gasteiger partial charge in [0.25, 0.3) is 0 Å². The van der Waals surface area contributed by atoms with Gasteiger partial charge in [-0.15, -0.1) is 0 Å². The standard InChI is InChI=1S/C26H26N2O3S2/c1-18-9-11-22(12-10-18)33(30,31)14-13-24(29)28(17-21-7-5-4-6-8-21)26-27-23-16-19(2)15-20(3)25(23)32-26/h4-12,15-16H,13-14,17H2,1-3H3. The number of amides is 1. The van der Waals surface area contributed by atoms with Crippen molar-refractivity contribution in [2.45, 2.75) is 38.6 Å². The van der Waals surface area contributed by atoms with Crippen LogP contribution >= 0.6 is 11.3 Å². The number of hydrogen-bond acceptors (Lipinski definition) is 5. The zero-order chi connectivity index (χ0) is 23.6. The molecule has 0 fully saturated rings.